The van der Waals surface area contributed by atoms with Gasteiger partial charge in [-0.05, 0) is 48.3 Å². The van der Waals surface area contributed by atoms with Gasteiger partial charge in [-0.3, -0.25) is 0 Å². The lowest BCUT2D eigenvalue weighted by Crippen LogP contribution is -2.21. The first kappa shape index (κ1) is 12.4. The molecule has 1 aromatic heterocycles. The molecule has 6 heteroatoms. The van der Waals surface area contributed by atoms with E-state index in [1.807, 2.05) is 0 Å². The van der Waals surface area contributed by atoms with Gasteiger partial charge >= 0.3 is 0 Å². The molecule has 0 aliphatic heterocycles. The second-order valence-corrected chi connectivity index (χ2v) is 6.82. The summed E-state index contributed by atoms with van der Waals surface area (Å²) in [5.41, 5.74) is 0. The molecule has 0 radical (unpaired) electrons. The van der Waals surface area contributed by atoms with Crippen LogP contribution in [0.2, 0.25) is 0 Å². The lowest BCUT2D eigenvalue weighted by atomic mass is 10.2. The highest BCUT2D eigenvalue weighted by molar-refractivity contribution is 7.99. The minimum atomic E-state index is 0.514. The monoisotopic (exact) mass is 267 g/mol. The predicted molar refractivity (Wildman–Crippen MR) is 72.5 cm³/mol. The van der Waals surface area contributed by atoms with Crippen molar-refractivity contribution in [3.63, 3.8) is 0 Å². The van der Waals surface area contributed by atoms with Gasteiger partial charge in [0, 0.05) is 11.3 Å². The third kappa shape index (κ3) is 2.85. The molecule has 2 aliphatic carbocycles. The zero-order valence-electron chi connectivity index (χ0n) is 10.9. The summed E-state index contributed by atoms with van der Waals surface area (Å²) < 4.78 is 2.06. The van der Waals surface area contributed by atoms with Crippen molar-refractivity contribution < 1.29 is 0 Å². The van der Waals surface area contributed by atoms with E-state index in [1.165, 1.54) is 37.9 Å². The van der Waals surface area contributed by atoms with Crippen LogP contribution in [0.25, 0.3) is 0 Å². The molecule has 2 atom stereocenters. The fourth-order valence-electron chi connectivity index (χ4n) is 2.66. The van der Waals surface area contributed by atoms with Crippen LogP contribution < -0.4 is 5.32 Å². The maximum Gasteiger partial charge on any atom is 0.165 e. The average molecular weight is 267 g/mol. The molecule has 2 unspecified atom stereocenters. The molecule has 5 nitrogen and oxygen atoms in total. The van der Waals surface area contributed by atoms with Crippen LogP contribution in [0.3, 0.4) is 0 Å². The van der Waals surface area contributed by atoms with Crippen molar-refractivity contribution in [2.24, 2.45) is 0 Å². The van der Waals surface area contributed by atoms with E-state index in [0.717, 1.165) is 17.6 Å². The quantitative estimate of drug-likeness (QED) is 0.851. The molecule has 1 N–H and O–H groups in total. The van der Waals surface area contributed by atoms with E-state index in [1.54, 1.807) is 0 Å². The summed E-state index contributed by atoms with van der Waals surface area (Å²) in [7, 11) is 0. The van der Waals surface area contributed by atoms with Crippen molar-refractivity contribution in [3.05, 3.63) is 5.82 Å². The second kappa shape index (κ2) is 5.57. The van der Waals surface area contributed by atoms with Crippen molar-refractivity contribution in [1.82, 2.24) is 25.5 Å². The lowest BCUT2D eigenvalue weighted by molar-refractivity contribution is 0.431. The van der Waals surface area contributed by atoms with Gasteiger partial charge in [0.15, 0.2) is 5.82 Å². The third-order valence-corrected chi connectivity index (χ3v) is 5.03. The van der Waals surface area contributed by atoms with E-state index in [4.69, 9.17) is 0 Å². The summed E-state index contributed by atoms with van der Waals surface area (Å²) in [6.45, 7) is 3.06. The number of nitrogens with zero attached hydrogens (tertiary/aromatic N) is 4. The first-order chi connectivity index (χ1) is 8.86. The summed E-state index contributed by atoms with van der Waals surface area (Å²) in [5.74, 6) is 2.22. The third-order valence-electron chi connectivity index (χ3n) is 3.79. The molecule has 0 spiro atoms. The minimum absolute atomic E-state index is 0.514. The Balaban J connectivity index is 1.59. The van der Waals surface area contributed by atoms with Crippen LogP contribution in [0, 0.1) is 0 Å². The molecule has 2 saturated carbocycles. The summed E-state index contributed by atoms with van der Waals surface area (Å²) in [4.78, 5) is 0. The molecule has 1 aromatic rings. The smallest absolute Gasteiger partial charge is 0.165 e. The van der Waals surface area contributed by atoms with Crippen molar-refractivity contribution in [3.8, 4) is 0 Å². The fraction of sp³-hybridized carbons (Fsp3) is 0.917. The largest absolute Gasteiger partial charge is 0.307 e. The molecule has 0 bridgehead atoms. The van der Waals surface area contributed by atoms with Gasteiger partial charge in [0.05, 0.1) is 12.6 Å². The molecule has 2 aliphatic rings. The Bertz CT molecular complexity index is 390. The van der Waals surface area contributed by atoms with Crippen LogP contribution in [0.15, 0.2) is 0 Å². The average Bonchev–Trinajstić information content (AvgIpc) is 2.89. The van der Waals surface area contributed by atoms with Crippen LogP contribution in [-0.2, 0) is 6.54 Å². The predicted octanol–water partition coefficient (Wildman–Crippen LogP) is 1.77. The number of aromatic nitrogens is 4. The highest BCUT2D eigenvalue weighted by Gasteiger charge is 2.29. The van der Waals surface area contributed by atoms with Crippen LogP contribution in [0.4, 0.5) is 0 Å². The first-order valence-corrected chi connectivity index (χ1v) is 8.03. The van der Waals surface area contributed by atoms with Gasteiger partial charge in [0.1, 0.15) is 0 Å². The SMILES string of the molecule is CCSC1CCC(n2nnnc2CNC2CC2)C1. The summed E-state index contributed by atoms with van der Waals surface area (Å²) >= 11 is 2.08. The standard InChI is InChI=1S/C12H21N5S/c1-2-18-11-6-5-10(7-11)17-12(14-15-16-17)8-13-9-3-4-9/h9-11,13H,2-8H2,1H3. The lowest BCUT2D eigenvalue weighted by Gasteiger charge is -2.12. The van der Waals surface area contributed by atoms with E-state index >= 15 is 0 Å². The zero-order chi connectivity index (χ0) is 12.4. The molecular weight excluding hydrogens is 246 g/mol. The van der Waals surface area contributed by atoms with Gasteiger partial charge in [0.2, 0.25) is 0 Å². The maximum absolute atomic E-state index is 4.20. The number of hydrogen-bond donors (Lipinski definition) is 1. The van der Waals surface area contributed by atoms with Crippen molar-refractivity contribution in [2.75, 3.05) is 5.75 Å². The highest BCUT2D eigenvalue weighted by Crippen LogP contribution is 2.36. The van der Waals surface area contributed by atoms with Gasteiger partial charge in [-0.1, -0.05) is 6.92 Å². The Kier molecular flexibility index (Phi) is 3.84. The number of rotatable bonds is 6. The van der Waals surface area contributed by atoms with Crippen LogP contribution in [-0.4, -0.2) is 37.3 Å². The number of hydrogen-bond acceptors (Lipinski definition) is 5. The van der Waals surface area contributed by atoms with Crippen molar-refractivity contribution in [1.29, 1.82) is 0 Å². The molecule has 0 aromatic carbocycles. The van der Waals surface area contributed by atoms with Crippen molar-refractivity contribution in [2.45, 2.75) is 62.9 Å². The summed E-state index contributed by atoms with van der Waals surface area (Å²) in [6, 6.07) is 1.22. The number of tetrazole rings is 1. The summed E-state index contributed by atoms with van der Waals surface area (Å²) in [5, 5.41) is 16.5. The van der Waals surface area contributed by atoms with Crippen LogP contribution >= 0.6 is 11.8 Å². The molecule has 3 rings (SSSR count). The van der Waals surface area contributed by atoms with Gasteiger partial charge in [-0.15, -0.1) is 5.10 Å². The Morgan fingerprint density at radius 1 is 1.33 bits per heavy atom. The zero-order valence-corrected chi connectivity index (χ0v) is 11.7. The van der Waals surface area contributed by atoms with Gasteiger partial charge < -0.3 is 5.32 Å². The van der Waals surface area contributed by atoms with E-state index in [0.29, 0.717) is 12.1 Å². The van der Waals surface area contributed by atoms with Gasteiger partial charge in [-0.25, -0.2) is 4.68 Å². The fourth-order valence-corrected chi connectivity index (χ4v) is 3.79. The molecule has 18 heavy (non-hydrogen) atoms. The van der Waals surface area contributed by atoms with E-state index in [-0.39, 0.29) is 0 Å². The molecule has 1 heterocycles. The van der Waals surface area contributed by atoms with Gasteiger partial charge in [0.25, 0.3) is 0 Å². The maximum atomic E-state index is 4.20. The van der Waals surface area contributed by atoms with Crippen LogP contribution in [0.5, 0.6) is 0 Å². The second-order valence-electron chi connectivity index (χ2n) is 5.24. The topological polar surface area (TPSA) is 55.6 Å². The van der Waals surface area contributed by atoms with Crippen molar-refractivity contribution >= 4 is 11.8 Å². The highest BCUT2D eigenvalue weighted by atomic mass is 32.2. The van der Waals surface area contributed by atoms with E-state index in [9.17, 15) is 0 Å². The number of thioether (sulfide) groups is 1. The Labute approximate surface area is 112 Å². The minimum Gasteiger partial charge on any atom is -0.307 e. The molecule has 100 valence electrons. The Morgan fingerprint density at radius 2 is 2.22 bits per heavy atom. The van der Waals surface area contributed by atoms with E-state index < -0.39 is 0 Å². The Hall–Kier alpha value is -0.620. The Morgan fingerprint density at radius 3 is 3.00 bits per heavy atom. The molecule has 0 saturated heterocycles. The van der Waals surface area contributed by atoms with E-state index in [2.05, 4.69) is 44.2 Å². The summed E-state index contributed by atoms with van der Waals surface area (Å²) in [6.07, 6.45) is 6.36. The normalized spacial score (nSPS) is 27.8. The molecular formula is C12H21N5S. The first-order valence-electron chi connectivity index (χ1n) is 6.98. The van der Waals surface area contributed by atoms with Crippen LogP contribution in [0.1, 0.15) is 50.9 Å². The molecule has 2 fully saturated rings. The number of nitrogens with one attached hydrogen (secondary N) is 1. The molecule has 0 amide bonds. The van der Waals surface area contributed by atoms with Gasteiger partial charge in [-0.2, -0.15) is 11.8 Å².